The third kappa shape index (κ3) is 1.82. The molecule has 1 nitrogen and oxygen atoms in total. The van der Waals surface area contributed by atoms with Crippen LogP contribution in [0.25, 0.3) is 11.9 Å². The van der Waals surface area contributed by atoms with Gasteiger partial charge in [-0.15, -0.1) is 0 Å². The van der Waals surface area contributed by atoms with Crippen molar-refractivity contribution in [2.24, 2.45) is 7.05 Å². The molecule has 0 saturated heterocycles. The predicted octanol–water partition coefficient (Wildman–Crippen LogP) is 1.62. The maximum Gasteiger partial charge on any atom is 0.106 e. The fourth-order valence-electron chi connectivity index (χ4n) is 1.47. The van der Waals surface area contributed by atoms with Crippen LogP contribution in [-0.2, 0) is 7.05 Å². The van der Waals surface area contributed by atoms with Gasteiger partial charge in [-0.05, 0) is 26.3 Å². The fraction of sp³-hybridized carbons (Fsp3) is 0.455. The first kappa shape index (κ1) is 10.0. The standard InChI is InChI=1S/C11H16FN/c1-5-6-11-10(9(3)12)7-8(2)13(11)4/h6-7H,5H2,1-4H3/b10-9+,11-6+. The van der Waals surface area contributed by atoms with Crippen LogP contribution in [0.5, 0.6) is 0 Å². The topological polar surface area (TPSA) is 4.93 Å². The van der Waals surface area contributed by atoms with E-state index in [4.69, 9.17) is 0 Å². The predicted molar refractivity (Wildman–Crippen MR) is 54.3 cm³/mol. The summed E-state index contributed by atoms with van der Waals surface area (Å²) >= 11 is 0. The van der Waals surface area contributed by atoms with Gasteiger partial charge in [0.25, 0.3) is 0 Å². The lowest BCUT2D eigenvalue weighted by Gasteiger charge is -1.94. The highest BCUT2D eigenvalue weighted by Crippen LogP contribution is 1.92. The van der Waals surface area contributed by atoms with Gasteiger partial charge < -0.3 is 4.57 Å². The van der Waals surface area contributed by atoms with Crippen molar-refractivity contribution in [1.82, 2.24) is 4.57 Å². The van der Waals surface area contributed by atoms with Gasteiger partial charge in [-0.25, -0.2) is 4.39 Å². The van der Waals surface area contributed by atoms with E-state index in [9.17, 15) is 4.39 Å². The Morgan fingerprint density at radius 3 is 2.69 bits per heavy atom. The minimum absolute atomic E-state index is 0.108. The van der Waals surface area contributed by atoms with E-state index in [-0.39, 0.29) is 5.83 Å². The van der Waals surface area contributed by atoms with E-state index >= 15 is 0 Å². The molecule has 13 heavy (non-hydrogen) atoms. The molecule has 0 spiro atoms. The van der Waals surface area contributed by atoms with E-state index in [0.717, 1.165) is 22.7 Å². The highest BCUT2D eigenvalue weighted by atomic mass is 19.1. The molecule has 0 aromatic carbocycles. The average molecular weight is 181 g/mol. The fourth-order valence-corrected chi connectivity index (χ4v) is 1.47. The van der Waals surface area contributed by atoms with Crippen LogP contribution in [0.2, 0.25) is 0 Å². The van der Waals surface area contributed by atoms with Crippen LogP contribution in [0, 0.1) is 6.92 Å². The Morgan fingerprint density at radius 2 is 2.23 bits per heavy atom. The normalized spacial score (nSPS) is 15.0. The van der Waals surface area contributed by atoms with Crippen molar-refractivity contribution in [3.63, 3.8) is 0 Å². The van der Waals surface area contributed by atoms with Gasteiger partial charge in [0.15, 0.2) is 0 Å². The third-order valence-corrected chi connectivity index (χ3v) is 2.29. The summed E-state index contributed by atoms with van der Waals surface area (Å²) in [6.07, 6.45) is 2.98. The molecule has 0 N–H and O–H groups in total. The molecule has 0 aliphatic rings. The number of rotatable bonds is 1. The van der Waals surface area contributed by atoms with E-state index in [1.165, 1.54) is 6.92 Å². The zero-order valence-corrected chi connectivity index (χ0v) is 8.69. The maximum absolute atomic E-state index is 13.1. The highest BCUT2D eigenvalue weighted by Gasteiger charge is 1.99. The number of halogens is 1. The lowest BCUT2D eigenvalue weighted by atomic mass is 10.3. The molecular weight excluding hydrogens is 165 g/mol. The molecule has 2 heteroatoms. The van der Waals surface area contributed by atoms with Gasteiger partial charge in [0.05, 0.1) is 0 Å². The summed E-state index contributed by atoms with van der Waals surface area (Å²) in [6.45, 7) is 5.54. The van der Waals surface area contributed by atoms with Crippen LogP contribution >= 0.6 is 0 Å². The number of aromatic nitrogens is 1. The van der Waals surface area contributed by atoms with Gasteiger partial charge in [0.1, 0.15) is 5.83 Å². The summed E-state index contributed by atoms with van der Waals surface area (Å²) in [4.78, 5) is 0. The van der Waals surface area contributed by atoms with Crippen molar-refractivity contribution in [2.75, 3.05) is 0 Å². The summed E-state index contributed by atoms with van der Waals surface area (Å²) in [5.74, 6) is -0.108. The zero-order valence-electron chi connectivity index (χ0n) is 8.69. The Hall–Kier alpha value is -1.05. The third-order valence-electron chi connectivity index (χ3n) is 2.29. The van der Waals surface area contributed by atoms with E-state index in [0.29, 0.717) is 0 Å². The molecular formula is C11H16FN. The summed E-state index contributed by atoms with van der Waals surface area (Å²) < 4.78 is 15.1. The van der Waals surface area contributed by atoms with Crippen LogP contribution in [0.15, 0.2) is 6.07 Å². The molecule has 72 valence electrons. The molecule has 0 unspecified atom stereocenters. The lowest BCUT2D eigenvalue weighted by Crippen LogP contribution is -2.28. The number of aryl methyl sites for hydroxylation is 1. The number of hydrogen-bond acceptors (Lipinski definition) is 0. The van der Waals surface area contributed by atoms with E-state index in [2.05, 4.69) is 6.92 Å². The van der Waals surface area contributed by atoms with Gasteiger partial charge >= 0.3 is 0 Å². The Balaban J connectivity index is 3.66. The Labute approximate surface area is 78.2 Å². The maximum atomic E-state index is 13.1. The number of hydrogen-bond donors (Lipinski definition) is 0. The van der Waals surface area contributed by atoms with Gasteiger partial charge in [0.2, 0.25) is 0 Å². The van der Waals surface area contributed by atoms with Crippen molar-refractivity contribution in [3.05, 3.63) is 22.3 Å². The molecule has 0 bridgehead atoms. The SMILES string of the molecule is CC/C=c1\c(=C(/C)F)cc(C)n1C. The van der Waals surface area contributed by atoms with E-state index in [1.54, 1.807) is 0 Å². The van der Waals surface area contributed by atoms with Crippen molar-refractivity contribution >= 4 is 11.9 Å². The van der Waals surface area contributed by atoms with Crippen LogP contribution in [0.4, 0.5) is 4.39 Å². The Bertz CT molecular complexity index is 408. The molecule has 0 radical (unpaired) electrons. The second-order valence-electron chi connectivity index (χ2n) is 3.29. The molecule has 0 amide bonds. The second-order valence-corrected chi connectivity index (χ2v) is 3.29. The van der Waals surface area contributed by atoms with E-state index in [1.807, 2.05) is 30.7 Å². The molecule has 0 fully saturated rings. The first-order chi connectivity index (χ1) is 6.07. The van der Waals surface area contributed by atoms with Crippen molar-refractivity contribution in [3.8, 4) is 0 Å². The molecule has 1 heterocycles. The van der Waals surface area contributed by atoms with Crippen LogP contribution in [0.1, 0.15) is 26.0 Å². The lowest BCUT2D eigenvalue weighted by molar-refractivity contribution is 0.738. The minimum Gasteiger partial charge on any atom is -0.348 e. The molecule has 1 aromatic heterocycles. The van der Waals surface area contributed by atoms with Gasteiger partial charge in [-0.1, -0.05) is 13.0 Å². The van der Waals surface area contributed by atoms with Gasteiger partial charge in [-0.3, -0.25) is 0 Å². The average Bonchev–Trinajstić information content (AvgIpc) is 2.33. The van der Waals surface area contributed by atoms with Crippen LogP contribution < -0.4 is 10.6 Å². The molecule has 1 aromatic rings. The molecule has 0 aliphatic carbocycles. The van der Waals surface area contributed by atoms with Gasteiger partial charge in [-0.2, -0.15) is 0 Å². The second kappa shape index (κ2) is 3.77. The summed E-state index contributed by atoms with van der Waals surface area (Å²) in [5.41, 5.74) is 1.09. The molecule has 0 saturated carbocycles. The molecule has 0 aliphatic heterocycles. The van der Waals surface area contributed by atoms with E-state index < -0.39 is 0 Å². The summed E-state index contributed by atoms with van der Waals surface area (Å²) in [6, 6.07) is 1.89. The molecule has 1 rings (SSSR count). The minimum atomic E-state index is -0.108. The Kier molecular flexibility index (Phi) is 2.91. The smallest absolute Gasteiger partial charge is 0.106 e. The van der Waals surface area contributed by atoms with Crippen LogP contribution in [0.3, 0.4) is 0 Å². The largest absolute Gasteiger partial charge is 0.348 e. The van der Waals surface area contributed by atoms with Gasteiger partial charge in [0, 0.05) is 23.3 Å². The van der Waals surface area contributed by atoms with Crippen molar-refractivity contribution < 1.29 is 4.39 Å². The summed E-state index contributed by atoms with van der Waals surface area (Å²) in [7, 11) is 1.96. The first-order valence-electron chi connectivity index (χ1n) is 4.56. The first-order valence-corrected chi connectivity index (χ1v) is 4.56. The van der Waals surface area contributed by atoms with Crippen molar-refractivity contribution in [1.29, 1.82) is 0 Å². The highest BCUT2D eigenvalue weighted by molar-refractivity contribution is 5.36. The molecule has 0 atom stereocenters. The number of nitrogens with zero attached hydrogens (tertiary/aromatic N) is 1. The Morgan fingerprint density at radius 1 is 1.62 bits per heavy atom. The van der Waals surface area contributed by atoms with Crippen molar-refractivity contribution in [2.45, 2.75) is 27.2 Å². The summed E-state index contributed by atoms with van der Waals surface area (Å²) in [5, 5.41) is 1.71. The quantitative estimate of drug-likeness (QED) is 0.620. The zero-order chi connectivity index (χ0) is 10.0. The monoisotopic (exact) mass is 181 g/mol. The van der Waals surface area contributed by atoms with Crippen LogP contribution in [-0.4, -0.2) is 4.57 Å².